The normalized spacial score (nSPS) is 15.3. The van der Waals surface area contributed by atoms with Gasteiger partial charge in [0.25, 0.3) is 0 Å². The van der Waals surface area contributed by atoms with Crippen molar-refractivity contribution in [2.45, 2.75) is 25.4 Å². The highest BCUT2D eigenvalue weighted by Crippen LogP contribution is 2.30. The smallest absolute Gasteiger partial charge is 0.217 e. The summed E-state index contributed by atoms with van der Waals surface area (Å²) in [7, 11) is 1.66. The first-order valence-corrected chi connectivity index (χ1v) is 9.54. The lowest BCUT2D eigenvalue weighted by atomic mass is 9.94. The Kier molecular flexibility index (Phi) is 5.08. The van der Waals surface area contributed by atoms with E-state index in [0.717, 1.165) is 53.1 Å². The summed E-state index contributed by atoms with van der Waals surface area (Å²) >= 11 is 3.54. The molecule has 136 valence electrons. The number of rotatable bonds is 5. The third-order valence-corrected chi connectivity index (χ3v) is 5.30. The molecular formula is C19H21BrN4O2. The van der Waals surface area contributed by atoms with Crippen molar-refractivity contribution in [1.82, 2.24) is 19.9 Å². The van der Waals surface area contributed by atoms with E-state index in [2.05, 4.69) is 31.3 Å². The predicted octanol–water partition coefficient (Wildman–Crippen LogP) is 3.55. The van der Waals surface area contributed by atoms with E-state index in [4.69, 9.17) is 9.47 Å². The van der Waals surface area contributed by atoms with Crippen molar-refractivity contribution in [3.05, 3.63) is 52.3 Å². The van der Waals surface area contributed by atoms with Crippen molar-refractivity contribution in [3.8, 4) is 11.6 Å². The maximum absolute atomic E-state index is 6.00. The Bertz CT molecular complexity index is 888. The first kappa shape index (κ1) is 17.3. The van der Waals surface area contributed by atoms with Crippen molar-refractivity contribution in [1.29, 1.82) is 0 Å². The minimum absolute atomic E-state index is 0.455. The second kappa shape index (κ2) is 7.63. The molecule has 4 rings (SSSR count). The van der Waals surface area contributed by atoms with Crippen LogP contribution in [0.15, 0.2) is 41.0 Å². The van der Waals surface area contributed by atoms with Gasteiger partial charge in [-0.15, -0.1) is 0 Å². The summed E-state index contributed by atoms with van der Waals surface area (Å²) in [6.07, 6.45) is 3.98. The number of benzene rings is 1. The Balaban J connectivity index is 1.60. The monoisotopic (exact) mass is 416 g/mol. The third-order valence-electron chi connectivity index (χ3n) is 4.74. The zero-order valence-corrected chi connectivity index (χ0v) is 16.2. The molecule has 0 saturated carbocycles. The van der Waals surface area contributed by atoms with Gasteiger partial charge in [-0.05, 0) is 59.6 Å². The van der Waals surface area contributed by atoms with E-state index in [1.54, 1.807) is 13.3 Å². The van der Waals surface area contributed by atoms with Crippen molar-refractivity contribution in [3.63, 3.8) is 0 Å². The lowest BCUT2D eigenvalue weighted by molar-refractivity contribution is 0.292. The first-order chi connectivity index (χ1) is 12.7. The fraction of sp³-hybridized carbons (Fsp3) is 0.368. The molecule has 1 aliphatic heterocycles. The summed E-state index contributed by atoms with van der Waals surface area (Å²) in [5.74, 6) is 1.92. The fourth-order valence-corrected chi connectivity index (χ4v) is 3.65. The summed E-state index contributed by atoms with van der Waals surface area (Å²) in [4.78, 5) is 4.63. The number of aromatic nitrogens is 3. The molecule has 0 spiro atoms. The lowest BCUT2D eigenvalue weighted by Crippen LogP contribution is -2.27. The summed E-state index contributed by atoms with van der Waals surface area (Å²) in [6.45, 7) is 2.52. The summed E-state index contributed by atoms with van der Waals surface area (Å²) in [6, 6.07) is 9.90. The van der Waals surface area contributed by atoms with Gasteiger partial charge in [0.05, 0.1) is 23.5 Å². The highest BCUT2D eigenvalue weighted by atomic mass is 79.9. The first-order valence-electron chi connectivity index (χ1n) is 8.75. The number of methoxy groups -OCH3 is 1. The zero-order valence-electron chi connectivity index (χ0n) is 14.6. The van der Waals surface area contributed by atoms with Crippen LogP contribution in [-0.2, 0) is 6.61 Å². The SMILES string of the molecule is COc1ccc(COc2cc(C3CCNCC3)n3ncc(Br)c3n2)cc1. The van der Waals surface area contributed by atoms with Crippen LogP contribution in [0.3, 0.4) is 0 Å². The van der Waals surface area contributed by atoms with Crippen LogP contribution in [0.25, 0.3) is 5.65 Å². The molecule has 0 aliphatic carbocycles. The topological polar surface area (TPSA) is 60.7 Å². The van der Waals surface area contributed by atoms with Crippen LogP contribution < -0.4 is 14.8 Å². The van der Waals surface area contributed by atoms with Gasteiger partial charge in [-0.1, -0.05) is 12.1 Å². The molecule has 3 heterocycles. The van der Waals surface area contributed by atoms with E-state index in [1.165, 1.54) is 0 Å². The molecule has 1 aliphatic rings. The number of nitrogens with zero attached hydrogens (tertiary/aromatic N) is 3. The molecule has 26 heavy (non-hydrogen) atoms. The molecule has 1 saturated heterocycles. The number of halogens is 1. The largest absolute Gasteiger partial charge is 0.497 e. The molecule has 0 atom stereocenters. The Labute approximate surface area is 160 Å². The predicted molar refractivity (Wildman–Crippen MR) is 103 cm³/mol. The molecule has 3 aromatic rings. The standard InChI is InChI=1S/C19H21BrN4O2/c1-25-15-4-2-13(3-5-15)12-26-18-10-17(14-6-8-21-9-7-14)24-19(23-18)16(20)11-22-24/h2-5,10-11,14,21H,6-9,12H2,1H3. The molecule has 0 unspecified atom stereocenters. The van der Waals surface area contributed by atoms with Crippen molar-refractivity contribution in [2.75, 3.05) is 20.2 Å². The van der Waals surface area contributed by atoms with Gasteiger partial charge in [0.15, 0.2) is 5.65 Å². The minimum atomic E-state index is 0.455. The number of ether oxygens (including phenoxy) is 2. The second-order valence-corrected chi connectivity index (χ2v) is 7.26. The molecule has 0 amide bonds. The molecular weight excluding hydrogens is 396 g/mol. The minimum Gasteiger partial charge on any atom is -0.497 e. The Morgan fingerprint density at radius 3 is 2.73 bits per heavy atom. The third kappa shape index (κ3) is 3.54. The molecule has 0 radical (unpaired) electrons. The second-order valence-electron chi connectivity index (χ2n) is 6.41. The van der Waals surface area contributed by atoms with Crippen LogP contribution in [0.1, 0.15) is 30.0 Å². The maximum Gasteiger partial charge on any atom is 0.217 e. The van der Waals surface area contributed by atoms with Gasteiger partial charge in [-0.3, -0.25) is 0 Å². The fourth-order valence-electron chi connectivity index (χ4n) is 3.30. The Hall–Kier alpha value is -2.12. The van der Waals surface area contributed by atoms with Gasteiger partial charge in [0.1, 0.15) is 12.4 Å². The van der Waals surface area contributed by atoms with E-state index >= 15 is 0 Å². The Morgan fingerprint density at radius 2 is 2.00 bits per heavy atom. The number of piperidine rings is 1. The zero-order chi connectivity index (χ0) is 17.9. The number of fused-ring (bicyclic) bond motifs is 1. The van der Waals surface area contributed by atoms with E-state index in [1.807, 2.05) is 34.8 Å². The van der Waals surface area contributed by atoms with Crippen molar-refractivity contribution >= 4 is 21.6 Å². The molecule has 1 N–H and O–H groups in total. The van der Waals surface area contributed by atoms with E-state index < -0.39 is 0 Å². The van der Waals surface area contributed by atoms with Crippen molar-refractivity contribution in [2.24, 2.45) is 0 Å². The molecule has 2 aromatic heterocycles. The van der Waals surface area contributed by atoms with E-state index in [-0.39, 0.29) is 0 Å². The average Bonchev–Trinajstić information content (AvgIpc) is 3.08. The molecule has 0 bridgehead atoms. The summed E-state index contributed by atoms with van der Waals surface area (Å²) in [5, 5.41) is 7.90. The highest BCUT2D eigenvalue weighted by Gasteiger charge is 2.21. The van der Waals surface area contributed by atoms with Gasteiger partial charge < -0.3 is 14.8 Å². The van der Waals surface area contributed by atoms with Crippen LogP contribution >= 0.6 is 15.9 Å². The van der Waals surface area contributed by atoms with Gasteiger partial charge in [0.2, 0.25) is 5.88 Å². The van der Waals surface area contributed by atoms with Crippen LogP contribution in [-0.4, -0.2) is 34.8 Å². The van der Waals surface area contributed by atoms with Crippen molar-refractivity contribution < 1.29 is 9.47 Å². The van der Waals surface area contributed by atoms with E-state index in [0.29, 0.717) is 18.4 Å². The molecule has 6 nitrogen and oxygen atoms in total. The van der Waals surface area contributed by atoms with Gasteiger partial charge >= 0.3 is 0 Å². The van der Waals surface area contributed by atoms with Gasteiger partial charge in [-0.2, -0.15) is 10.1 Å². The number of nitrogens with one attached hydrogen (secondary N) is 1. The van der Waals surface area contributed by atoms with Crippen LogP contribution in [0.4, 0.5) is 0 Å². The molecule has 7 heteroatoms. The maximum atomic E-state index is 6.00. The summed E-state index contributed by atoms with van der Waals surface area (Å²) in [5.41, 5.74) is 3.03. The summed E-state index contributed by atoms with van der Waals surface area (Å²) < 4.78 is 14.0. The van der Waals surface area contributed by atoms with Gasteiger partial charge in [-0.25, -0.2) is 4.52 Å². The van der Waals surface area contributed by atoms with Crippen LogP contribution in [0.2, 0.25) is 0 Å². The van der Waals surface area contributed by atoms with Gasteiger partial charge in [0, 0.05) is 12.0 Å². The lowest BCUT2D eigenvalue weighted by Gasteiger charge is -2.23. The quantitative estimate of drug-likeness (QED) is 0.688. The average molecular weight is 417 g/mol. The number of hydrogen-bond acceptors (Lipinski definition) is 5. The van der Waals surface area contributed by atoms with Crippen LogP contribution in [0, 0.1) is 0 Å². The highest BCUT2D eigenvalue weighted by molar-refractivity contribution is 9.10. The Morgan fingerprint density at radius 1 is 1.23 bits per heavy atom. The molecule has 1 aromatic carbocycles. The molecule has 1 fully saturated rings. The van der Waals surface area contributed by atoms with Crippen LogP contribution in [0.5, 0.6) is 11.6 Å². The number of hydrogen-bond donors (Lipinski definition) is 1. The van der Waals surface area contributed by atoms with E-state index in [9.17, 15) is 0 Å².